The van der Waals surface area contributed by atoms with E-state index >= 15 is 0 Å². The second kappa shape index (κ2) is 6.38. The highest BCUT2D eigenvalue weighted by Crippen LogP contribution is 2.21. The molecular formula is C11H24N2O. The maximum atomic E-state index is 8.82. The van der Waals surface area contributed by atoms with Gasteiger partial charge in [-0.2, -0.15) is 0 Å². The van der Waals surface area contributed by atoms with Gasteiger partial charge < -0.3 is 15.3 Å². The van der Waals surface area contributed by atoms with Crippen LogP contribution in [0.4, 0.5) is 0 Å². The van der Waals surface area contributed by atoms with Crippen molar-refractivity contribution in [3.8, 4) is 0 Å². The van der Waals surface area contributed by atoms with Crippen LogP contribution in [-0.4, -0.2) is 49.8 Å². The van der Waals surface area contributed by atoms with Gasteiger partial charge in [-0.05, 0) is 52.2 Å². The fraction of sp³-hybridized carbons (Fsp3) is 1.00. The molecule has 0 amide bonds. The lowest BCUT2D eigenvalue weighted by Gasteiger charge is -2.35. The average molecular weight is 200 g/mol. The van der Waals surface area contributed by atoms with E-state index in [-0.39, 0.29) is 0 Å². The quantitative estimate of drug-likeness (QED) is 0.685. The van der Waals surface area contributed by atoms with E-state index in [1.807, 2.05) is 7.05 Å². The van der Waals surface area contributed by atoms with Crippen molar-refractivity contribution in [3.63, 3.8) is 0 Å². The van der Waals surface area contributed by atoms with Gasteiger partial charge in [-0.1, -0.05) is 0 Å². The van der Waals surface area contributed by atoms with Gasteiger partial charge in [-0.15, -0.1) is 0 Å². The summed E-state index contributed by atoms with van der Waals surface area (Å²) < 4.78 is 0. The molecule has 84 valence electrons. The number of hydrogen-bond acceptors (Lipinski definition) is 3. The normalized spacial score (nSPS) is 26.4. The Bertz CT molecular complexity index is 152. The Morgan fingerprint density at radius 3 is 2.93 bits per heavy atom. The summed E-state index contributed by atoms with van der Waals surface area (Å²) in [4.78, 5) is 2.41. The van der Waals surface area contributed by atoms with Gasteiger partial charge in [0.1, 0.15) is 0 Å². The smallest absolute Gasteiger partial charge is 0.0431 e. The molecule has 0 aromatic rings. The van der Waals surface area contributed by atoms with Crippen LogP contribution in [0.25, 0.3) is 0 Å². The summed E-state index contributed by atoms with van der Waals surface area (Å²) in [7, 11) is 4.24. The van der Waals surface area contributed by atoms with Crippen LogP contribution in [0.5, 0.6) is 0 Å². The Labute approximate surface area is 87.5 Å². The lowest BCUT2D eigenvalue weighted by molar-refractivity contribution is 0.166. The molecule has 0 radical (unpaired) electrons. The van der Waals surface area contributed by atoms with E-state index in [1.165, 1.54) is 25.9 Å². The maximum Gasteiger partial charge on any atom is 0.0431 e. The summed E-state index contributed by atoms with van der Waals surface area (Å²) in [5.74, 6) is 0.769. The van der Waals surface area contributed by atoms with Crippen LogP contribution < -0.4 is 5.32 Å². The van der Waals surface area contributed by atoms with Gasteiger partial charge in [0.25, 0.3) is 0 Å². The highest BCUT2D eigenvalue weighted by molar-refractivity contribution is 4.80. The molecule has 1 aliphatic rings. The monoisotopic (exact) mass is 200 g/mol. The number of rotatable bonds is 5. The van der Waals surface area contributed by atoms with Crippen molar-refractivity contribution in [2.24, 2.45) is 5.92 Å². The minimum Gasteiger partial charge on any atom is -0.396 e. The fourth-order valence-corrected chi connectivity index (χ4v) is 2.46. The molecule has 0 aromatic carbocycles. The molecule has 0 aliphatic carbocycles. The summed E-state index contributed by atoms with van der Waals surface area (Å²) in [6.07, 6.45) is 4.68. The van der Waals surface area contributed by atoms with E-state index in [4.69, 9.17) is 5.11 Å². The molecular weight excluding hydrogens is 176 g/mol. The SMILES string of the molecule is CNC(CCCO)C1CCCN(C)C1. The topological polar surface area (TPSA) is 35.5 Å². The molecule has 0 spiro atoms. The molecule has 3 heteroatoms. The number of hydrogen-bond donors (Lipinski definition) is 2. The van der Waals surface area contributed by atoms with Crippen molar-refractivity contribution < 1.29 is 5.11 Å². The zero-order valence-electron chi connectivity index (χ0n) is 9.50. The lowest BCUT2D eigenvalue weighted by Crippen LogP contribution is -2.43. The molecule has 1 rings (SSSR count). The van der Waals surface area contributed by atoms with Crippen LogP contribution in [0, 0.1) is 5.92 Å². The molecule has 2 N–H and O–H groups in total. The third-order valence-electron chi connectivity index (χ3n) is 3.27. The van der Waals surface area contributed by atoms with E-state index in [0.717, 1.165) is 18.8 Å². The number of nitrogens with zero attached hydrogens (tertiary/aromatic N) is 1. The summed E-state index contributed by atoms with van der Waals surface area (Å²) >= 11 is 0. The van der Waals surface area contributed by atoms with Gasteiger partial charge in [0, 0.05) is 19.2 Å². The first-order valence-corrected chi connectivity index (χ1v) is 5.74. The second-order valence-electron chi connectivity index (χ2n) is 4.43. The van der Waals surface area contributed by atoms with E-state index < -0.39 is 0 Å². The Balaban J connectivity index is 2.34. The molecule has 1 aliphatic heterocycles. The van der Waals surface area contributed by atoms with Crippen molar-refractivity contribution in [2.75, 3.05) is 33.8 Å². The van der Waals surface area contributed by atoms with E-state index in [1.54, 1.807) is 0 Å². The summed E-state index contributed by atoms with van der Waals surface area (Å²) in [6, 6.07) is 0.588. The number of aliphatic hydroxyl groups excluding tert-OH is 1. The molecule has 3 nitrogen and oxygen atoms in total. The predicted octanol–water partition coefficient (Wildman–Crippen LogP) is 0.689. The van der Waals surface area contributed by atoms with Gasteiger partial charge >= 0.3 is 0 Å². The Morgan fingerprint density at radius 2 is 2.36 bits per heavy atom. The average Bonchev–Trinajstić information content (AvgIpc) is 2.19. The van der Waals surface area contributed by atoms with E-state index in [9.17, 15) is 0 Å². The standard InChI is InChI=1S/C11H24N2O/c1-12-11(6-4-8-14)10-5-3-7-13(2)9-10/h10-12,14H,3-9H2,1-2H3. The first-order valence-electron chi connectivity index (χ1n) is 5.74. The van der Waals surface area contributed by atoms with E-state index in [0.29, 0.717) is 12.6 Å². The molecule has 2 unspecified atom stereocenters. The molecule has 1 fully saturated rings. The minimum atomic E-state index is 0.320. The van der Waals surface area contributed by atoms with Crippen LogP contribution in [0.2, 0.25) is 0 Å². The van der Waals surface area contributed by atoms with Gasteiger partial charge in [0.15, 0.2) is 0 Å². The summed E-state index contributed by atoms with van der Waals surface area (Å²) in [6.45, 7) is 2.77. The summed E-state index contributed by atoms with van der Waals surface area (Å²) in [5.41, 5.74) is 0. The first-order chi connectivity index (χ1) is 6.77. The molecule has 1 saturated heterocycles. The highest BCUT2D eigenvalue weighted by Gasteiger charge is 2.23. The van der Waals surface area contributed by atoms with Gasteiger partial charge in [0.05, 0.1) is 0 Å². The zero-order chi connectivity index (χ0) is 10.4. The maximum absolute atomic E-state index is 8.82. The van der Waals surface area contributed by atoms with Crippen LogP contribution in [0.1, 0.15) is 25.7 Å². The summed E-state index contributed by atoms with van der Waals surface area (Å²) in [5, 5.41) is 12.2. The second-order valence-corrected chi connectivity index (χ2v) is 4.43. The van der Waals surface area contributed by atoms with Crippen LogP contribution in [0.3, 0.4) is 0 Å². The molecule has 0 aromatic heterocycles. The third-order valence-corrected chi connectivity index (χ3v) is 3.27. The van der Waals surface area contributed by atoms with Crippen molar-refractivity contribution in [1.29, 1.82) is 0 Å². The van der Waals surface area contributed by atoms with Crippen molar-refractivity contribution in [1.82, 2.24) is 10.2 Å². The van der Waals surface area contributed by atoms with Crippen LogP contribution in [0.15, 0.2) is 0 Å². The van der Waals surface area contributed by atoms with Crippen LogP contribution in [-0.2, 0) is 0 Å². The van der Waals surface area contributed by atoms with Gasteiger partial charge in [0.2, 0.25) is 0 Å². The number of nitrogens with one attached hydrogen (secondary N) is 1. The van der Waals surface area contributed by atoms with Crippen molar-refractivity contribution >= 4 is 0 Å². The molecule has 0 bridgehead atoms. The number of piperidine rings is 1. The number of aliphatic hydroxyl groups is 1. The van der Waals surface area contributed by atoms with Crippen LogP contribution >= 0.6 is 0 Å². The minimum absolute atomic E-state index is 0.320. The van der Waals surface area contributed by atoms with Crippen molar-refractivity contribution in [3.05, 3.63) is 0 Å². The molecule has 14 heavy (non-hydrogen) atoms. The molecule has 0 saturated carbocycles. The lowest BCUT2D eigenvalue weighted by atomic mass is 9.88. The zero-order valence-corrected chi connectivity index (χ0v) is 9.50. The fourth-order valence-electron chi connectivity index (χ4n) is 2.46. The van der Waals surface area contributed by atoms with Gasteiger partial charge in [-0.25, -0.2) is 0 Å². The molecule has 1 heterocycles. The predicted molar refractivity (Wildman–Crippen MR) is 59.4 cm³/mol. The Kier molecular flexibility index (Phi) is 5.45. The molecule has 2 atom stereocenters. The largest absolute Gasteiger partial charge is 0.396 e. The Hall–Kier alpha value is -0.120. The first kappa shape index (κ1) is 12.0. The van der Waals surface area contributed by atoms with Gasteiger partial charge in [-0.3, -0.25) is 0 Å². The third kappa shape index (κ3) is 3.56. The number of likely N-dealkylation sites (tertiary alicyclic amines) is 1. The Morgan fingerprint density at radius 1 is 1.57 bits per heavy atom. The van der Waals surface area contributed by atoms with E-state index in [2.05, 4.69) is 17.3 Å². The van der Waals surface area contributed by atoms with Crippen molar-refractivity contribution in [2.45, 2.75) is 31.7 Å². The highest BCUT2D eigenvalue weighted by atomic mass is 16.2.